The molecule has 4 atom stereocenters. The van der Waals surface area contributed by atoms with E-state index in [1.165, 1.54) is 0 Å². The minimum Gasteiger partial charge on any atom is -0.378 e. The van der Waals surface area contributed by atoms with Gasteiger partial charge in [-0.1, -0.05) is 34.6 Å². The number of carbonyl (C=O) groups excluding carboxylic acids is 1. The fraction of sp³-hybridized carbons (Fsp3) is 0.947. The summed E-state index contributed by atoms with van der Waals surface area (Å²) in [5.74, 6) is 0.291. The Labute approximate surface area is 147 Å². The van der Waals surface area contributed by atoms with Crippen LogP contribution in [0.25, 0.3) is 0 Å². The Balaban J connectivity index is 1.95. The first-order valence-corrected chi connectivity index (χ1v) is 9.34. The summed E-state index contributed by atoms with van der Waals surface area (Å²) in [7, 11) is 0. The quantitative estimate of drug-likeness (QED) is 0.806. The molecule has 0 aromatic heterocycles. The van der Waals surface area contributed by atoms with Gasteiger partial charge in [-0.2, -0.15) is 0 Å². The van der Waals surface area contributed by atoms with Crippen molar-refractivity contribution in [2.75, 3.05) is 19.8 Å². The molecule has 2 rings (SSSR count). The first kappa shape index (κ1) is 19.7. The Morgan fingerprint density at radius 1 is 1.38 bits per heavy atom. The highest BCUT2D eigenvalue weighted by atomic mass is 16.5. The number of ether oxygens (including phenoxy) is 2. The molecule has 5 nitrogen and oxygen atoms in total. The molecule has 0 spiro atoms. The molecule has 24 heavy (non-hydrogen) atoms. The SMILES string of the molecule is CCOC1CC(N)(C(=O)NCC2CCCOC2C(C)(C)C)C1(C)C. The number of carbonyl (C=O) groups is 1. The summed E-state index contributed by atoms with van der Waals surface area (Å²) >= 11 is 0. The van der Waals surface area contributed by atoms with Gasteiger partial charge in [-0.25, -0.2) is 0 Å². The van der Waals surface area contributed by atoms with Crippen molar-refractivity contribution in [3.63, 3.8) is 0 Å². The van der Waals surface area contributed by atoms with Crippen molar-refractivity contribution in [1.29, 1.82) is 0 Å². The molecule has 2 aliphatic rings. The van der Waals surface area contributed by atoms with E-state index in [9.17, 15) is 4.79 Å². The molecule has 0 aromatic rings. The zero-order chi connectivity index (χ0) is 18.2. The number of nitrogens with two attached hydrogens (primary N) is 1. The van der Waals surface area contributed by atoms with Gasteiger partial charge in [-0.3, -0.25) is 4.79 Å². The summed E-state index contributed by atoms with van der Waals surface area (Å²) in [5, 5.41) is 3.12. The summed E-state index contributed by atoms with van der Waals surface area (Å²) in [6.07, 6.45) is 2.96. The zero-order valence-corrected chi connectivity index (χ0v) is 16.3. The average molecular weight is 341 g/mol. The molecule has 0 radical (unpaired) electrons. The molecular weight excluding hydrogens is 304 g/mol. The van der Waals surface area contributed by atoms with Crippen LogP contribution in [0.5, 0.6) is 0 Å². The van der Waals surface area contributed by atoms with Gasteiger partial charge in [0, 0.05) is 37.5 Å². The third kappa shape index (κ3) is 3.49. The van der Waals surface area contributed by atoms with Crippen LogP contribution in [0.15, 0.2) is 0 Å². The summed E-state index contributed by atoms with van der Waals surface area (Å²) in [4.78, 5) is 12.8. The lowest BCUT2D eigenvalue weighted by molar-refractivity contribution is -0.171. The molecule has 1 saturated heterocycles. The third-order valence-electron chi connectivity index (χ3n) is 6.06. The topological polar surface area (TPSA) is 73.6 Å². The molecule has 1 heterocycles. The van der Waals surface area contributed by atoms with E-state index in [1.807, 2.05) is 20.8 Å². The fourth-order valence-electron chi connectivity index (χ4n) is 4.21. The normalized spacial score (nSPS) is 36.0. The molecule has 1 amide bonds. The average Bonchev–Trinajstić information content (AvgIpc) is 2.51. The maximum Gasteiger partial charge on any atom is 0.240 e. The van der Waals surface area contributed by atoms with Gasteiger partial charge in [0.2, 0.25) is 5.91 Å². The molecule has 1 aliphatic heterocycles. The Kier molecular flexibility index (Phi) is 5.68. The number of nitrogens with one attached hydrogen (secondary N) is 1. The fourth-order valence-corrected chi connectivity index (χ4v) is 4.21. The van der Waals surface area contributed by atoms with Crippen molar-refractivity contribution in [2.24, 2.45) is 22.5 Å². The molecule has 1 aliphatic carbocycles. The zero-order valence-electron chi connectivity index (χ0n) is 16.3. The molecule has 0 bridgehead atoms. The second-order valence-corrected chi connectivity index (χ2v) is 9.11. The van der Waals surface area contributed by atoms with Crippen molar-refractivity contribution < 1.29 is 14.3 Å². The van der Waals surface area contributed by atoms with Crippen LogP contribution in [-0.2, 0) is 14.3 Å². The molecule has 1 saturated carbocycles. The maximum atomic E-state index is 12.8. The first-order valence-electron chi connectivity index (χ1n) is 9.34. The van der Waals surface area contributed by atoms with Gasteiger partial charge in [0.05, 0.1) is 12.2 Å². The van der Waals surface area contributed by atoms with Crippen LogP contribution in [0.4, 0.5) is 0 Å². The number of amides is 1. The summed E-state index contributed by atoms with van der Waals surface area (Å²) < 4.78 is 11.7. The predicted molar refractivity (Wildman–Crippen MR) is 95.7 cm³/mol. The van der Waals surface area contributed by atoms with Crippen molar-refractivity contribution in [1.82, 2.24) is 5.32 Å². The van der Waals surface area contributed by atoms with Gasteiger partial charge < -0.3 is 20.5 Å². The number of rotatable bonds is 5. The second-order valence-electron chi connectivity index (χ2n) is 9.11. The highest BCUT2D eigenvalue weighted by Crippen LogP contribution is 2.49. The van der Waals surface area contributed by atoms with Gasteiger partial charge in [0.1, 0.15) is 5.54 Å². The van der Waals surface area contributed by atoms with Gasteiger partial charge in [0.15, 0.2) is 0 Å². The minimum absolute atomic E-state index is 0.0540. The lowest BCUT2D eigenvalue weighted by Crippen LogP contribution is -2.76. The van der Waals surface area contributed by atoms with Crippen LogP contribution in [0.1, 0.15) is 60.8 Å². The Bertz CT molecular complexity index is 458. The smallest absolute Gasteiger partial charge is 0.240 e. The standard InChI is InChI=1S/C19H36N2O3/c1-7-23-14-11-19(20,18(14,5)6)16(22)21-12-13-9-8-10-24-15(13)17(2,3)4/h13-15H,7-12,20H2,1-6H3,(H,21,22). The predicted octanol–water partition coefficient (Wildman–Crippen LogP) is 2.48. The Morgan fingerprint density at radius 3 is 2.58 bits per heavy atom. The molecule has 2 fully saturated rings. The maximum absolute atomic E-state index is 12.8. The van der Waals surface area contributed by atoms with E-state index in [-0.39, 0.29) is 28.9 Å². The van der Waals surface area contributed by atoms with Crippen molar-refractivity contribution in [2.45, 2.75) is 78.6 Å². The van der Waals surface area contributed by atoms with Crippen LogP contribution < -0.4 is 11.1 Å². The third-order valence-corrected chi connectivity index (χ3v) is 6.06. The van der Waals surface area contributed by atoms with Gasteiger partial charge in [-0.15, -0.1) is 0 Å². The van der Waals surface area contributed by atoms with Crippen molar-refractivity contribution in [3.05, 3.63) is 0 Å². The molecule has 0 aromatic carbocycles. The van der Waals surface area contributed by atoms with E-state index in [2.05, 4.69) is 26.1 Å². The van der Waals surface area contributed by atoms with Crippen LogP contribution >= 0.6 is 0 Å². The van der Waals surface area contributed by atoms with E-state index in [0.29, 0.717) is 25.5 Å². The highest BCUT2D eigenvalue weighted by Gasteiger charge is 2.62. The van der Waals surface area contributed by atoms with Gasteiger partial charge >= 0.3 is 0 Å². The summed E-state index contributed by atoms with van der Waals surface area (Å²) in [6, 6.07) is 0. The monoisotopic (exact) mass is 340 g/mol. The van der Waals surface area contributed by atoms with E-state index in [1.54, 1.807) is 0 Å². The highest BCUT2D eigenvalue weighted by molar-refractivity contribution is 5.88. The number of hydrogen-bond donors (Lipinski definition) is 2. The van der Waals surface area contributed by atoms with E-state index in [0.717, 1.165) is 19.4 Å². The van der Waals surface area contributed by atoms with Crippen LogP contribution in [-0.4, -0.2) is 43.4 Å². The minimum atomic E-state index is -0.848. The Morgan fingerprint density at radius 2 is 2.04 bits per heavy atom. The van der Waals surface area contributed by atoms with E-state index >= 15 is 0 Å². The summed E-state index contributed by atoms with van der Waals surface area (Å²) in [6.45, 7) is 14.7. The molecule has 140 valence electrons. The second kappa shape index (κ2) is 6.93. The molecule has 3 N–H and O–H groups in total. The lowest BCUT2D eigenvalue weighted by Gasteiger charge is -2.57. The van der Waals surface area contributed by atoms with E-state index < -0.39 is 5.54 Å². The molecule has 5 heteroatoms. The van der Waals surface area contributed by atoms with E-state index in [4.69, 9.17) is 15.2 Å². The Hall–Kier alpha value is -0.650. The number of hydrogen-bond acceptors (Lipinski definition) is 4. The van der Waals surface area contributed by atoms with Gasteiger partial charge in [0.25, 0.3) is 0 Å². The molecule has 4 unspecified atom stereocenters. The van der Waals surface area contributed by atoms with Crippen molar-refractivity contribution in [3.8, 4) is 0 Å². The van der Waals surface area contributed by atoms with Crippen LogP contribution in [0.2, 0.25) is 0 Å². The van der Waals surface area contributed by atoms with Crippen LogP contribution in [0, 0.1) is 16.7 Å². The summed E-state index contributed by atoms with van der Waals surface area (Å²) in [5.41, 5.74) is 5.34. The van der Waals surface area contributed by atoms with Crippen molar-refractivity contribution >= 4 is 5.91 Å². The first-order chi connectivity index (χ1) is 11.0. The largest absolute Gasteiger partial charge is 0.378 e. The molecular formula is C19H36N2O3. The lowest BCUT2D eigenvalue weighted by atomic mass is 9.54. The van der Waals surface area contributed by atoms with Gasteiger partial charge in [-0.05, 0) is 25.2 Å². The van der Waals surface area contributed by atoms with Crippen LogP contribution in [0.3, 0.4) is 0 Å².